The van der Waals surface area contributed by atoms with E-state index in [0.29, 0.717) is 72.9 Å². The largest absolute Gasteiger partial charge is 0.478 e. The number of aromatic nitrogens is 1. The van der Waals surface area contributed by atoms with Crippen molar-refractivity contribution < 1.29 is 61.3 Å². The van der Waals surface area contributed by atoms with E-state index in [-0.39, 0.29) is 35.8 Å². The van der Waals surface area contributed by atoms with Crippen molar-refractivity contribution in [1.82, 2.24) is 4.98 Å². The van der Waals surface area contributed by atoms with Crippen molar-refractivity contribution in [3.8, 4) is 22.8 Å². The quantitative estimate of drug-likeness (QED) is 0.0393. The summed E-state index contributed by atoms with van der Waals surface area (Å²) in [7, 11) is 5.53. The van der Waals surface area contributed by atoms with E-state index < -0.39 is 29.6 Å². The fraction of sp³-hybridized carbons (Fsp3) is 0.0800. The van der Waals surface area contributed by atoms with Crippen molar-refractivity contribution in [2.45, 2.75) is 0 Å². The van der Waals surface area contributed by atoms with E-state index in [1.165, 1.54) is 43.5 Å². The molecule has 0 aliphatic carbocycles. The van der Waals surface area contributed by atoms with Crippen molar-refractivity contribution >= 4 is 205 Å². The number of esters is 2. The predicted octanol–water partition coefficient (Wildman–Crippen LogP) is 13.9. The van der Waals surface area contributed by atoms with Crippen LogP contribution < -0.4 is 28.0 Å². The number of ketones is 1. The van der Waals surface area contributed by atoms with Gasteiger partial charge in [-0.2, -0.15) is 0 Å². The average Bonchev–Trinajstić information content (AvgIpc) is 3.38. The number of nitrogens with one attached hydrogen (secondary N) is 1. The molecule has 0 saturated heterocycles. The van der Waals surface area contributed by atoms with Crippen LogP contribution in [0.3, 0.4) is 0 Å². The number of amides is 1. The molecule has 75 heavy (non-hydrogen) atoms. The molecule has 0 aliphatic heterocycles. The normalized spacial score (nSPS) is 9.76. The fourth-order valence-corrected chi connectivity index (χ4v) is 7.26. The van der Waals surface area contributed by atoms with Crippen molar-refractivity contribution in [3.63, 3.8) is 0 Å². The first kappa shape index (κ1) is 67.8. The number of ether oxygens (including phenoxy) is 4. The molecule has 0 atom stereocenters. The van der Waals surface area contributed by atoms with Gasteiger partial charge in [0, 0.05) is 37.4 Å². The number of hydrogen-bond acceptors (Lipinski definition) is 10. The van der Waals surface area contributed by atoms with Gasteiger partial charge in [0.05, 0.1) is 56.5 Å². The second kappa shape index (κ2) is 36.0. The maximum Gasteiger partial charge on any atom is 0.338 e. The van der Waals surface area contributed by atoms with E-state index in [1.807, 2.05) is 6.07 Å². The van der Waals surface area contributed by atoms with Gasteiger partial charge in [0.25, 0.3) is 11.7 Å². The fourth-order valence-electron chi connectivity index (χ4n) is 5.61. The molecule has 0 bridgehead atoms. The number of methoxy groups -OCH3 is 4. The van der Waals surface area contributed by atoms with E-state index in [4.69, 9.17) is 131 Å². The zero-order chi connectivity index (χ0) is 56.4. The maximum absolute atomic E-state index is 13.0. The van der Waals surface area contributed by atoms with Crippen LogP contribution in [0.2, 0.25) is 20.1 Å². The second-order valence-corrected chi connectivity index (χ2v) is 34.4. The number of halogens is 13. The minimum atomic E-state index is -1.17. The Labute approximate surface area is 511 Å². The molecule has 0 fully saturated rings. The monoisotopic (exact) mass is 1550 g/mol. The Morgan fingerprint density at radius 1 is 0.520 bits per heavy atom. The molecule has 2 N–H and O–H groups in total. The number of benzene rings is 5. The summed E-state index contributed by atoms with van der Waals surface area (Å²) in [5.74, 6) is -2.65. The van der Waals surface area contributed by atoms with E-state index in [9.17, 15) is 24.0 Å². The van der Waals surface area contributed by atoms with E-state index in [2.05, 4.69) is 57.0 Å². The second-order valence-electron chi connectivity index (χ2n) is 13.5. The van der Waals surface area contributed by atoms with Gasteiger partial charge in [-0.3, -0.25) is 14.6 Å². The Bertz CT molecular complexity index is 2990. The average molecular weight is 1560 g/mol. The van der Waals surface area contributed by atoms with E-state index in [1.54, 1.807) is 105 Å². The van der Waals surface area contributed by atoms with Crippen LogP contribution in [-0.2, 0) is 28.7 Å². The van der Waals surface area contributed by atoms with Gasteiger partial charge in [-0.15, -0.1) is 0 Å². The van der Waals surface area contributed by atoms with Crippen molar-refractivity contribution in [1.29, 1.82) is 0 Å². The van der Waals surface area contributed by atoms with Gasteiger partial charge in [0.2, 0.25) is 0 Å². The Morgan fingerprint density at radius 2 is 0.907 bits per heavy atom. The number of pyridine rings is 1. The molecule has 0 unspecified atom stereocenters. The molecular formula is C50H36Cl10I3N2O10-. The van der Waals surface area contributed by atoms with E-state index >= 15 is 0 Å². The molecule has 0 spiro atoms. The number of aliphatic carboxylic acids is 1. The summed E-state index contributed by atoms with van der Waals surface area (Å²) in [6.45, 7) is 0. The first-order valence-corrected chi connectivity index (χ1v) is 36.4. The van der Waals surface area contributed by atoms with Crippen LogP contribution >= 0.6 is 153 Å². The molecule has 6 rings (SSSR count). The number of anilines is 1. The van der Waals surface area contributed by atoms with Gasteiger partial charge in [0.1, 0.15) is 13.5 Å². The zero-order valence-corrected chi connectivity index (χ0v) is 52.7. The van der Waals surface area contributed by atoms with Crippen LogP contribution in [0.25, 0.3) is 28.0 Å². The van der Waals surface area contributed by atoms with Gasteiger partial charge < -0.3 is 29.4 Å². The summed E-state index contributed by atoms with van der Waals surface area (Å²) < 4.78 is 18.9. The van der Waals surface area contributed by atoms with Crippen LogP contribution in [0, 0.1) is 0 Å². The molecule has 25 heteroatoms. The number of nitrogens with zero attached hydrogens (tertiary/aromatic N) is 1. The summed E-state index contributed by atoms with van der Waals surface area (Å²) in [4.78, 5) is 61.5. The van der Waals surface area contributed by atoms with Crippen LogP contribution in [-0.4, -0.2) is 68.1 Å². The van der Waals surface area contributed by atoms with Crippen LogP contribution in [0.4, 0.5) is 5.69 Å². The smallest absolute Gasteiger partial charge is 0.338 e. The molecule has 5 aromatic carbocycles. The van der Waals surface area contributed by atoms with Gasteiger partial charge in [0.15, 0.2) is 11.5 Å². The first-order valence-electron chi connectivity index (χ1n) is 20.1. The van der Waals surface area contributed by atoms with Gasteiger partial charge in [-0.25, -0.2) is 14.4 Å². The molecule has 6 aromatic rings. The number of carbonyl (C=O) groups excluding carboxylic acids is 4. The number of carbonyl (C=O) groups is 5. The SMILES string of the molecule is COC(=O)C(=C(Cl)Cl)c1ccc(Cl)cc1.COC(=O)C(=O)c1ccc(Cl)cc1.COc1ccc(-c2ncccc2NC(=O)C(=C(Cl)Cl)c2ccc(Cl)cc2)cc1OC.I[I-]I.O=C(O)C(=C(Cl)Cl)c1ccc(Cl)cc1. The van der Waals surface area contributed by atoms with Gasteiger partial charge >= 0.3 is 68.4 Å². The topological polar surface area (TPSA) is 167 Å². The minimum Gasteiger partial charge on any atom is -0.478 e. The predicted molar refractivity (Wildman–Crippen MR) is 317 cm³/mol. The van der Waals surface area contributed by atoms with Crippen LogP contribution in [0.15, 0.2) is 147 Å². The summed E-state index contributed by atoms with van der Waals surface area (Å²) in [5.41, 5.74) is 3.67. The zero-order valence-electron chi connectivity index (χ0n) is 38.7. The third kappa shape index (κ3) is 22.9. The summed E-state index contributed by atoms with van der Waals surface area (Å²) in [5, 5.41) is 13.8. The number of carboxylic acid groups (broad SMARTS) is 1. The number of Topliss-reactive ketones (excluding diaryl/α,β-unsaturated/α-hetero) is 1. The minimum absolute atomic E-state index is 0.122. The molecule has 12 nitrogen and oxygen atoms in total. The number of rotatable bonds is 12. The third-order valence-electron chi connectivity index (χ3n) is 8.99. The molecule has 1 aromatic heterocycles. The van der Waals surface area contributed by atoms with Crippen molar-refractivity contribution in [3.05, 3.63) is 189 Å². The molecular weight excluding hydrogens is 1520 g/mol. The molecule has 1 heterocycles. The maximum atomic E-state index is 13.0. The van der Waals surface area contributed by atoms with Gasteiger partial charge in [-0.05, 0) is 108 Å². The Balaban J connectivity index is 0.000000362. The number of hydrogen-bond donors (Lipinski definition) is 2. The van der Waals surface area contributed by atoms with Crippen LogP contribution in [0.1, 0.15) is 27.0 Å². The molecule has 0 aliphatic rings. The molecule has 0 radical (unpaired) electrons. The molecule has 0 saturated carbocycles. The standard InChI is InChI=1S/C22H17Cl3N2O3.C10H7Cl3O2.C9H5Cl3O2.C9H7ClO3.I3/c1-29-17-10-7-14(12-18(17)30-2)20-16(4-3-11-26-20)27-22(28)19(21(24)25)13-5-8-15(23)9-6-13;1-15-10(14)8(9(12)13)6-2-4-7(11)5-3-6;10-6-3-1-5(2-4-6)7(8(11)12)9(13)14;1-13-9(12)8(11)6-2-4-7(10)5-3-6;1-3-2/h3-12H,1-2H3,(H,27,28);2-5H,1H3;1-4H,(H,13,14);2-5H,1H3;/q;;;;-1. The third-order valence-corrected chi connectivity index (χ3v) is 11.1. The first-order chi connectivity index (χ1) is 35.6. The Morgan fingerprint density at radius 3 is 1.28 bits per heavy atom. The Kier molecular flexibility index (Phi) is 32.5. The summed E-state index contributed by atoms with van der Waals surface area (Å²) in [6.07, 6.45) is 1.63. The van der Waals surface area contributed by atoms with Crippen LogP contribution in [0.5, 0.6) is 11.5 Å². The molecule has 398 valence electrons. The van der Waals surface area contributed by atoms with Crippen molar-refractivity contribution in [2.24, 2.45) is 0 Å². The van der Waals surface area contributed by atoms with Gasteiger partial charge in [-0.1, -0.05) is 152 Å². The van der Waals surface area contributed by atoms with Crippen molar-refractivity contribution in [2.75, 3.05) is 33.8 Å². The Hall–Kier alpha value is -3.29. The number of carboxylic acids is 1. The summed E-state index contributed by atoms with van der Waals surface area (Å²) in [6, 6.07) is 34.2. The van der Waals surface area contributed by atoms with E-state index in [0.717, 1.165) is 12.7 Å². The summed E-state index contributed by atoms with van der Waals surface area (Å²) >= 11 is 62.3. The molecule has 1 amide bonds.